The second kappa shape index (κ2) is 5.22. The molecule has 0 saturated carbocycles. The minimum Gasteiger partial charge on any atom is -0.175 e. The molecule has 0 saturated heterocycles. The van der Waals surface area contributed by atoms with Gasteiger partial charge in [-0.15, -0.1) is 0 Å². The lowest BCUT2D eigenvalue weighted by atomic mass is 9.89. The van der Waals surface area contributed by atoms with Crippen LogP contribution in [-0.2, 0) is 0 Å². The first-order valence-corrected chi connectivity index (χ1v) is 6.08. The molecule has 0 nitrogen and oxygen atoms in total. The summed E-state index contributed by atoms with van der Waals surface area (Å²) in [6, 6.07) is 21.1. The molecule has 0 N–H and O–H groups in total. The number of hydrogen-bond acceptors (Lipinski definition) is 1. The van der Waals surface area contributed by atoms with E-state index in [1.54, 1.807) is 0 Å². The topological polar surface area (TPSA) is 0 Å². The summed E-state index contributed by atoms with van der Waals surface area (Å²) in [5, 5.41) is 0.310. The van der Waals surface area contributed by atoms with E-state index in [0.717, 1.165) is 0 Å². The van der Waals surface area contributed by atoms with E-state index in [1.807, 2.05) is 0 Å². The third-order valence-electron chi connectivity index (χ3n) is 2.80. The average molecular weight is 228 g/mol. The fraction of sp³-hybridized carbons (Fsp3) is 0.200. The molecule has 0 aliphatic carbocycles. The molecule has 0 bridgehead atoms. The molecule has 2 aromatic carbocycles. The van der Waals surface area contributed by atoms with E-state index in [9.17, 15) is 0 Å². The zero-order valence-corrected chi connectivity index (χ0v) is 10.3. The van der Waals surface area contributed by atoms with Gasteiger partial charge in [-0.25, -0.2) is 0 Å². The van der Waals surface area contributed by atoms with Crippen LogP contribution in [0.1, 0.15) is 24.0 Å². The van der Waals surface area contributed by atoms with E-state index < -0.39 is 0 Å². The highest BCUT2D eigenvalue weighted by Crippen LogP contribution is 2.30. The normalized spacial score (nSPS) is 12.7. The van der Waals surface area contributed by atoms with Crippen LogP contribution in [-0.4, -0.2) is 5.25 Å². The quantitative estimate of drug-likeness (QED) is 0.750. The predicted molar refractivity (Wildman–Crippen MR) is 73.2 cm³/mol. The Balaban J connectivity index is 2.40. The Bertz CT molecular complexity index is 380. The first-order chi connectivity index (χ1) is 7.79. The summed E-state index contributed by atoms with van der Waals surface area (Å²) >= 11 is 4.62. The fourth-order valence-electron chi connectivity index (χ4n) is 2.07. The molecule has 1 unspecified atom stereocenters. The first-order valence-electron chi connectivity index (χ1n) is 5.57. The molecule has 16 heavy (non-hydrogen) atoms. The van der Waals surface area contributed by atoms with Gasteiger partial charge in [0.25, 0.3) is 0 Å². The maximum atomic E-state index is 4.62. The number of benzene rings is 2. The summed E-state index contributed by atoms with van der Waals surface area (Å²) in [6.07, 6.45) is 0. The van der Waals surface area contributed by atoms with Crippen molar-refractivity contribution in [2.24, 2.45) is 0 Å². The van der Waals surface area contributed by atoms with Crippen LogP contribution in [0.15, 0.2) is 60.7 Å². The van der Waals surface area contributed by atoms with Crippen molar-refractivity contribution >= 4 is 12.6 Å². The van der Waals surface area contributed by atoms with Crippen LogP contribution in [0.3, 0.4) is 0 Å². The summed E-state index contributed by atoms with van der Waals surface area (Å²) in [6.45, 7) is 2.15. The van der Waals surface area contributed by atoms with Crippen molar-refractivity contribution in [3.05, 3.63) is 71.8 Å². The van der Waals surface area contributed by atoms with Crippen LogP contribution in [0.25, 0.3) is 0 Å². The van der Waals surface area contributed by atoms with Gasteiger partial charge in [-0.3, -0.25) is 0 Å². The van der Waals surface area contributed by atoms with E-state index in [2.05, 4.69) is 80.2 Å². The van der Waals surface area contributed by atoms with Crippen LogP contribution in [0, 0.1) is 0 Å². The molecule has 0 radical (unpaired) electrons. The van der Waals surface area contributed by atoms with Crippen LogP contribution < -0.4 is 0 Å². The average Bonchev–Trinajstić information content (AvgIpc) is 2.31. The Kier molecular flexibility index (Phi) is 3.68. The number of thiol groups is 1. The summed E-state index contributed by atoms with van der Waals surface area (Å²) in [5.41, 5.74) is 2.66. The minimum absolute atomic E-state index is 0.310. The summed E-state index contributed by atoms with van der Waals surface area (Å²) in [4.78, 5) is 0. The van der Waals surface area contributed by atoms with Gasteiger partial charge in [-0.2, -0.15) is 12.6 Å². The molecule has 1 atom stereocenters. The van der Waals surface area contributed by atoms with Crippen molar-refractivity contribution in [2.45, 2.75) is 18.1 Å². The number of hydrogen-bond donors (Lipinski definition) is 1. The van der Waals surface area contributed by atoms with Crippen molar-refractivity contribution in [1.29, 1.82) is 0 Å². The highest BCUT2D eigenvalue weighted by atomic mass is 32.1. The van der Waals surface area contributed by atoms with Gasteiger partial charge in [0.05, 0.1) is 0 Å². The Labute approximate surface area is 103 Å². The summed E-state index contributed by atoms with van der Waals surface area (Å²) < 4.78 is 0. The van der Waals surface area contributed by atoms with E-state index in [4.69, 9.17) is 0 Å². The van der Waals surface area contributed by atoms with E-state index >= 15 is 0 Å². The molecule has 82 valence electrons. The Hall–Kier alpha value is -1.21. The monoisotopic (exact) mass is 228 g/mol. The standard InChI is InChI=1S/C15H16S/c1-12(16)15(13-8-4-2-5-9-13)14-10-6-3-7-11-14/h2-12,15-16H,1H3. The van der Waals surface area contributed by atoms with Crippen molar-refractivity contribution in [2.75, 3.05) is 0 Å². The van der Waals surface area contributed by atoms with Crippen molar-refractivity contribution in [1.82, 2.24) is 0 Å². The van der Waals surface area contributed by atoms with Crippen LogP contribution in [0.4, 0.5) is 0 Å². The Morgan fingerprint density at radius 3 is 1.44 bits per heavy atom. The van der Waals surface area contributed by atoms with Gasteiger partial charge >= 0.3 is 0 Å². The van der Waals surface area contributed by atoms with E-state index in [1.165, 1.54) is 11.1 Å². The SMILES string of the molecule is CC(S)C(c1ccccc1)c1ccccc1. The Morgan fingerprint density at radius 2 is 1.12 bits per heavy atom. The van der Waals surface area contributed by atoms with Gasteiger partial charge in [0.15, 0.2) is 0 Å². The molecule has 1 heteroatoms. The first kappa shape index (κ1) is 11.3. The molecule has 2 aromatic rings. The van der Waals surface area contributed by atoms with Crippen LogP contribution in [0.2, 0.25) is 0 Å². The second-order valence-electron chi connectivity index (χ2n) is 4.04. The molecule has 0 amide bonds. The minimum atomic E-state index is 0.310. The van der Waals surface area contributed by atoms with Crippen LogP contribution >= 0.6 is 12.6 Å². The smallest absolute Gasteiger partial charge is 0.0203 e. The third kappa shape index (κ3) is 2.48. The van der Waals surface area contributed by atoms with Gasteiger partial charge < -0.3 is 0 Å². The van der Waals surface area contributed by atoms with Gasteiger partial charge in [-0.05, 0) is 11.1 Å². The summed E-state index contributed by atoms with van der Waals surface area (Å²) in [7, 11) is 0. The molecule has 0 aliphatic rings. The van der Waals surface area contributed by atoms with Crippen LogP contribution in [0.5, 0.6) is 0 Å². The Morgan fingerprint density at radius 1 is 0.750 bits per heavy atom. The molecule has 0 aliphatic heterocycles. The molecule has 0 spiro atoms. The second-order valence-corrected chi connectivity index (χ2v) is 4.85. The zero-order chi connectivity index (χ0) is 11.4. The van der Waals surface area contributed by atoms with E-state index in [0.29, 0.717) is 11.2 Å². The van der Waals surface area contributed by atoms with E-state index in [-0.39, 0.29) is 0 Å². The van der Waals surface area contributed by atoms with Crippen molar-refractivity contribution < 1.29 is 0 Å². The molecular weight excluding hydrogens is 212 g/mol. The highest BCUT2D eigenvalue weighted by Gasteiger charge is 2.17. The maximum Gasteiger partial charge on any atom is 0.0203 e. The molecule has 2 rings (SSSR count). The van der Waals surface area contributed by atoms with Gasteiger partial charge in [0.2, 0.25) is 0 Å². The number of rotatable bonds is 3. The van der Waals surface area contributed by atoms with Crippen molar-refractivity contribution in [3.8, 4) is 0 Å². The van der Waals surface area contributed by atoms with Gasteiger partial charge in [-0.1, -0.05) is 67.6 Å². The molecule has 0 fully saturated rings. The molecule has 0 aromatic heterocycles. The third-order valence-corrected chi connectivity index (χ3v) is 3.10. The van der Waals surface area contributed by atoms with Gasteiger partial charge in [0, 0.05) is 11.2 Å². The van der Waals surface area contributed by atoms with Gasteiger partial charge in [0.1, 0.15) is 0 Å². The lowest BCUT2D eigenvalue weighted by Gasteiger charge is -2.21. The molecule has 0 heterocycles. The lowest BCUT2D eigenvalue weighted by Crippen LogP contribution is -2.10. The van der Waals surface area contributed by atoms with Crippen molar-refractivity contribution in [3.63, 3.8) is 0 Å². The highest BCUT2D eigenvalue weighted by molar-refractivity contribution is 7.81. The zero-order valence-electron chi connectivity index (χ0n) is 9.38. The largest absolute Gasteiger partial charge is 0.175 e. The fourth-order valence-corrected chi connectivity index (χ4v) is 2.41. The predicted octanol–water partition coefficient (Wildman–Crippen LogP) is 4.14. The maximum absolute atomic E-state index is 4.62. The summed E-state index contributed by atoms with van der Waals surface area (Å²) in [5.74, 6) is 0.366. The molecular formula is C15H16S. The lowest BCUT2D eigenvalue weighted by molar-refractivity contribution is 0.800.